The lowest BCUT2D eigenvalue weighted by atomic mass is 10.1. The van der Waals surface area contributed by atoms with E-state index in [2.05, 4.69) is 6.58 Å². The molecule has 0 aliphatic heterocycles. The molecule has 0 radical (unpaired) electrons. The van der Waals surface area contributed by atoms with Crippen molar-refractivity contribution in [1.82, 2.24) is 0 Å². The smallest absolute Gasteiger partial charge is 0.416 e. The monoisotopic (exact) mass is 306 g/mol. The van der Waals surface area contributed by atoms with E-state index in [1.54, 1.807) is 24.3 Å². The SMILES string of the molecule is C=CC(=O)Cc1cccc(Oc2cccc(C(F)(F)F)c2)c1. The van der Waals surface area contributed by atoms with Gasteiger partial charge in [0.1, 0.15) is 11.5 Å². The lowest BCUT2D eigenvalue weighted by Crippen LogP contribution is -2.04. The summed E-state index contributed by atoms with van der Waals surface area (Å²) in [6.45, 7) is 3.39. The number of rotatable bonds is 5. The molecule has 5 heteroatoms. The highest BCUT2D eigenvalue weighted by molar-refractivity contribution is 5.90. The average molecular weight is 306 g/mol. The van der Waals surface area contributed by atoms with E-state index in [-0.39, 0.29) is 18.0 Å². The Bertz CT molecular complexity index is 690. The Balaban J connectivity index is 2.19. The van der Waals surface area contributed by atoms with Crippen LogP contribution in [0.4, 0.5) is 13.2 Å². The first-order chi connectivity index (χ1) is 10.4. The third kappa shape index (κ3) is 4.22. The van der Waals surface area contributed by atoms with Gasteiger partial charge in [-0.15, -0.1) is 0 Å². The van der Waals surface area contributed by atoms with Gasteiger partial charge < -0.3 is 4.74 Å². The van der Waals surface area contributed by atoms with Crippen LogP contribution in [0, 0.1) is 0 Å². The summed E-state index contributed by atoms with van der Waals surface area (Å²) in [4.78, 5) is 11.3. The maximum Gasteiger partial charge on any atom is 0.416 e. The van der Waals surface area contributed by atoms with E-state index in [0.717, 1.165) is 12.1 Å². The van der Waals surface area contributed by atoms with Crippen LogP contribution in [-0.4, -0.2) is 5.78 Å². The molecule has 0 saturated heterocycles. The Kier molecular flexibility index (Phi) is 4.65. The first-order valence-corrected chi connectivity index (χ1v) is 6.48. The van der Waals surface area contributed by atoms with Gasteiger partial charge in [-0.1, -0.05) is 24.8 Å². The van der Waals surface area contributed by atoms with Gasteiger partial charge in [-0.3, -0.25) is 4.79 Å². The Morgan fingerprint density at radius 3 is 2.36 bits per heavy atom. The number of allylic oxidation sites excluding steroid dienone is 1. The number of alkyl halides is 3. The zero-order valence-electron chi connectivity index (χ0n) is 11.6. The second kappa shape index (κ2) is 6.47. The van der Waals surface area contributed by atoms with Gasteiger partial charge in [-0.25, -0.2) is 0 Å². The molecular formula is C17H13F3O2. The highest BCUT2D eigenvalue weighted by Crippen LogP contribution is 2.32. The van der Waals surface area contributed by atoms with Crippen molar-refractivity contribution in [3.05, 3.63) is 72.3 Å². The van der Waals surface area contributed by atoms with Crippen molar-refractivity contribution in [2.45, 2.75) is 12.6 Å². The van der Waals surface area contributed by atoms with Crippen LogP contribution in [0.25, 0.3) is 0 Å². The fourth-order valence-electron chi connectivity index (χ4n) is 1.86. The molecule has 0 unspecified atom stereocenters. The van der Waals surface area contributed by atoms with Crippen molar-refractivity contribution in [1.29, 1.82) is 0 Å². The van der Waals surface area contributed by atoms with Crippen LogP contribution in [0.5, 0.6) is 11.5 Å². The van der Waals surface area contributed by atoms with Crippen LogP contribution in [0.1, 0.15) is 11.1 Å². The van der Waals surface area contributed by atoms with E-state index in [1.165, 1.54) is 18.2 Å². The van der Waals surface area contributed by atoms with Crippen LogP contribution in [0.2, 0.25) is 0 Å². The van der Waals surface area contributed by atoms with Crippen LogP contribution < -0.4 is 4.74 Å². The highest BCUT2D eigenvalue weighted by atomic mass is 19.4. The van der Waals surface area contributed by atoms with Crippen molar-refractivity contribution >= 4 is 5.78 Å². The molecule has 0 heterocycles. The number of hydrogen-bond acceptors (Lipinski definition) is 2. The van der Waals surface area contributed by atoms with Gasteiger partial charge >= 0.3 is 6.18 Å². The van der Waals surface area contributed by atoms with Gasteiger partial charge in [-0.05, 0) is 42.0 Å². The Morgan fingerprint density at radius 1 is 1.09 bits per heavy atom. The molecule has 0 aliphatic carbocycles. The van der Waals surface area contributed by atoms with Gasteiger partial charge in [0.05, 0.1) is 5.56 Å². The lowest BCUT2D eigenvalue weighted by Gasteiger charge is -2.10. The Hall–Kier alpha value is -2.56. The van der Waals surface area contributed by atoms with Crippen molar-refractivity contribution in [2.24, 2.45) is 0 Å². The molecule has 0 amide bonds. The van der Waals surface area contributed by atoms with E-state index in [4.69, 9.17) is 4.74 Å². The number of benzene rings is 2. The summed E-state index contributed by atoms with van der Waals surface area (Å²) < 4.78 is 43.4. The highest BCUT2D eigenvalue weighted by Gasteiger charge is 2.30. The largest absolute Gasteiger partial charge is 0.457 e. The number of ketones is 1. The van der Waals surface area contributed by atoms with E-state index >= 15 is 0 Å². The third-order valence-corrected chi connectivity index (χ3v) is 2.90. The average Bonchev–Trinajstić information content (AvgIpc) is 2.47. The molecule has 0 N–H and O–H groups in total. The van der Waals surface area contributed by atoms with Gasteiger partial charge in [0.25, 0.3) is 0 Å². The van der Waals surface area contributed by atoms with Crippen LogP contribution in [0.3, 0.4) is 0 Å². The van der Waals surface area contributed by atoms with Gasteiger partial charge in [0.2, 0.25) is 0 Å². The molecule has 0 fully saturated rings. The van der Waals surface area contributed by atoms with E-state index in [0.29, 0.717) is 11.3 Å². The third-order valence-electron chi connectivity index (χ3n) is 2.90. The second-order valence-corrected chi connectivity index (χ2v) is 4.62. The van der Waals surface area contributed by atoms with Crippen molar-refractivity contribution in [3.63, 3.8) is 0 Å². The minimum absolute atomic E-state index is 0.0852. The van der Waals surface area contributed by atoms with Gasteiger partial charge in [0, 0.05) is 6.42 Å². The number of halogens is 3. The minimum atomic E-state index is -4.42. The molecule has 0 spiro atoms. The number of carbonyl (C=O) groups excluding carboxylic acids is 1. The first-order valence-electron chi connectivity index (χ1n) is 6.48. The minimum Gasteiger partial charge on any atom is -0.457 e. The second-order valence-electron chi connectivity index (χ2n) is 4.62. The summed E-state index contributed by atoms with van der Waals surface area (Å²) in [5, 5.41) is 0. The van der Waals surface area contributed by atoms with E-state index < -0.39 is 11.7 Å². The molecule has 0 aliphatic rings. The molecule has 22 heavy (non-hydrogen) atoms. The summed E-state index contributed by atoms with van der Waals surface area (Å²) in [5.74, 6) is 0.312. The molecule has 2 rings (SSSR count). The fourth-order valence-corrected chi connectivity index (χ4v) is 1.86. The molecule has 2 nitrogen and oxygen atoms in total. The predicted molar refractivity (Wildman–Crippen MR) is 76.9 cm³/mol. The maximum absolute atomic E-state index is 12.7. The van der Waals surface area contributed by atoms with Crippen LogP contribution in [-0.2, 0) is 17.4 Å². The van der Waals surface area contributed by atoms with Crippen molar-refractivity contribution < 1.29 is 22.7 Å². The normalized spacial score (nSPS) is 11.0. The predicted octanol–water partition coefficient (Wildman–Crippen LogP) is 4.80. The molecule has 2 aromatic carbocycles. The van der Waals surface area contributed by atoms with E-state index in [9.17, 15) is 18.0 Å². The van der Waals surface area contributed by atoms with E-state index in [1.807, 2.05) is 0 Å². The lowest BCUT2D eigenvalue weighted by molar-refractivity contribution is -0.137. The molecule has 0 saturated carbocycles. The molecule has 114 valence electrons. The fraction of sp³-hybridized carbons (Fsp3) is 0.118. The summed E-state index contributed by atoms with van der Waals surface area (Å²) >= 11 is 0. The van der Waals surface area contributed by atoms with Crippen molar-refractivity contribution in [3.8, 4) is 11.5 Å². The summed E-state index contributed by atoms with van der Waals surface area (Å²) in [6.07, 6.45) is -3.03. The molecule has 0 atom stereocenters. The van der Waals surface area contributed by atoms with Gasteiger partial charge in [0.15, 0.2) is 5.78 Å². The number of ether oxygens (including phenoxy) is 1. The summed E-state index contributed by atoms with van der Waals surface area (Å²) in [6, 6.07) is 11.3. The van der Waals surface area contributed by atoms with Crippen LogP contribution >= 0.6 is 0 Å². The zero-order chi connectivity index (χ0) is 16.2. The standard InChI is InChI=1S/C17H13F3O2/c1-2-14(21)9-12-5-3-7-15(10-12)22-16-8-4-6-13(11-16)17(18,19)20/h2-8,10-11H,1,9H2. The first kappa shape index (κ1) is 15.8. The van der Waals surface area contributed by atoms with Gasteiger partial charge in [-0.2, -0.15) is 13.2 Å². The molecule has 0 aromatic heterocycles. The Labute approximate surface area is 125 Å². The summed E-state index contributed by atoms with van der Waals surface area (Å²) in [5.41, 5.74) is -0.0719. The zero-order valence-corrected chi connectivity index (χ0v) is 11.6. The summed E-state index contributed by atoms with van der Waals surface area (Å²) in [7, 11) is 0. The molecule has 2 aromatic rings. The number of carbonyl (C=O) groups is 1. The molecule has 0 bridgehead atoms. The topological polar surface area (TPSA) is 26.3 Å². The molecular weight excluding hydrogens is 293 g/mol. The number of hydrogen-bond donors (Lipinski definition) is 0. The van der Waals surface area contributed by atoms with Crippen LogP contribution in [0.15, 0.2) is 61.2 Å². The maximum atomic E-state index is 12.7. The Morgan fingerprint density at radius 2 is 1.73 bits per heavy atom. The van der Waals surface area contributed by atoms with Crippen molar-refractivity contribution in [2.75, 3.05) is 0 Å². The quantitative estimate of drug-likeness (QED) is 0.742.